The van der Waals surface area contributed by atoms with Crippen LogP contribution in [0.1, 0.15) is 40.8 Å². The van der Waals surface area contributed by atoms with Gasteiger partial charge in [-0.2, -0.15) is 0 Å². The van der Waals surface area contributed by atoms with Gasteiger partial charge in [0.2, 0.25) is 5.91 Å². The van der Waals surface area contributed by atoms with E-state index in [1.54, 1.807) is 30.3 Å². The van der Waals surface area contributed by atoms with Crippen LogP contribution in [0.2, 0.25) is 0 Å². The third kappa shape index (κ3) is 5.46. The lowest BCUT2D eigenvalue weighted by atomic mass is 10.00. The van der Waals surface area contributed by atoms with Crippen LogP contribution in [0.3, 0.4) is 0 Å². The number of benzene rings is 2. The Morgan fingerprint density at radius 2 is 1.76 bits per heavy atom. The Morgan fingerprint density at radius 1 is 1.03 bits per heavy atom. The van der Waals surface area contributed by atoms with E-state index in [2.05, 4.69) is 10.6 Å². The summed E-state index contributed by atoms with van der Waals surface area (Å²) in [4.78, 5) is 40.4. The van der Waals surface area contributed by atoms with Crippen LogP contribution >= 0.6 is 11.3 Å². The summed E-state index contributed by atoms with van der Waals surface area (Å²) in [6.45, 7) is 4.80. The zero-order valence-corrected chi connectivity index (χ0v) is 19.9. The van der Waals surface area contributed by atoms with Crippen molar-refractivity contribution in [2.45, 2.75) is 32.5 Å². The molecule has 0 spiro atoms. The minimum atomic E-state index is -0.807. The summed E-state index contributed by atoms with van der Waals surface area (Å²) in [6, 6.07) is 19.3. The Morgan fingerprint density at radius 3 is 2.41 bits per heavy atom. The second kappa shape index (κ2) is 10.5. The van der Waals surface area contributed by atoms with E-state index >= 15 is 0 Å². The summed E-state index contributed by atoms with van der Waals surface area (Å²) >= 11 is 1.37. The van der Waals surface area contributed by atoms with Crippen molar-refractivity contribution in [1.29, 1.82) is 0 Å². The van der Waals surface area contributed by atoms with Crippen molar-refractivity contribution < 1.29 is 19.1 Å². The molecular weight excluding hydrogens is 450 g/mol. The Kier molecular flexibility index (Phi) is 7.27. The molecule has 3 aromatic rings. The average Bonchev–Trinajstić information content (AvgIpc) is 3.48. The van der Waals surface area contributed by atoms with Gasteiger partial charge in [-0.05, 0) is 40.6 Å². The number of carbonyl (C=O) groups excluding carboxylic acids is 3. The molecule has 0 saturated carbocycles. The maximum Gasteiger partial charge on any atom is 0.411 e. The quantitative estimate of drug-likeness (QED) is 0.486. The molecule has 2 atom stereocenters. The lowest BCUT2D eigenvalue weighted by Gasteiger charge is -2.24. The van der Waals surface area contributed by atoms with E-state index in [0.717, 1.165) is 5.56 Å². The van der Waals surface area contributed by atoms with Gasteiger partial charge in [-0.1, -0.05) is 62.4 Å². The number of hydrogen-bond acceptors (Lipinski definition) is 5. The summed E-state index contributed by atoms with van der Waals surface area (Å²) in [5.41, 5.74) is 2.21. The minimum Gasteiger partial charge on any atom is -0.438 e. The van der Waals surface area contributed by atoms with Crippen LogP contribution in [0.4, 0.5) is 10.5 Å². The van der Waals surface area contributed by atoms with Gasteiger partial charge in [-0.15, -0.1) is 11.3 Å². The molecule has 2 heterocycles. The number of carbonyl (C=O) groups is 3. The molecule has 1 saturated heterocycles. The number of amides is 3. The van der Waals surface area contributed by atoms with Gasteiger partial charge >= 0.3 is 6.09 Å². The zero-order chi connectivity index (χ0) is 24.1. The highest BCUT2D eigenvalue weighted by Crippen LogP contribution is 2.34. The van der Waals surface area contributed by atoms with Crippen LogP contribution in [-0.2, 0) is 16.1 Å². The number of nitrogens with one attached hydrogen (secondary N) is 2. The Hall–Kier alpha value is -3.65. The molecule has 1 aromatic heterocycles. The lowest BCUT2D eigenvalue weighted by Crippen LogP contribution is -2.47. The average molecular weight is 478 g/mol. The minimum absolute atomic E-state index is 0.185. The number of hydrogen-bond donors (Lipinski definition) is 2. The molecule has 34 heavy (non-hydrogen) atoms. The second-order valence-corrected chi connectivity index (χ2v) is 9.50. The molecule has 1 aliphatic heterocycles. The van der Waals surface area contributed by atoms with E-state index in [1.165, 1.54) is 16.2 Å². The van der Waals surface area contributed by atoms with Crippen LogP contribution in [-0.4, -0.2) is 35.4 Å². The van der Waals surface area contributed by atoms with Gasteiger partial charge in [0.1, 0.15) is 0 Å². The van der Waals surface area contributed by atoms with E-state index in [1.807, 2.05) is 55.6 Å². The highest BCUT2D eigenvalue weighted by molar-refractivity contribution is 7.12. The molecule has 0 aliphatic carbocycles. The highest BCUT2D eigenvalue weighted by Gasteiger charge is 2.46. The van der Waals surface area contributed by atoms with Crippen LogP contribution < -0.4 is 10.6 Å². The topological polar surface area (TPSA) is 87.7 Å². The standard InChI is InChI=1S/C26H27N3O4S/c1-17(2)15-27-25(31)22-23(33-26(32)29(22)16-18-7-4-3-5-8-18)19-10-12-20(13-11-19)28-24(30)21-9-6-14-34-21/h3-14,17,22-23H,15-16H2,1-2H3,(H,27,31)(H,28,30). The molecule has 3 amide bonds. The molecule has 2 N–H and O–H groups in total. The third-order valence-electron chi connectivity index (χ3n) is 5.48. The van der Waals surface area contributed by atoms with Gasteiger partial charge in [0.05, 0.1) is 11.4 Å². The van der Waals surface area contributed by atoms with Crippen molar-refractivity contribution in [2.24, 2.45) is 5.92 Å². The molecule has 4 rings (SSSR count). The lowest BCUT2D eigenvalue weighted by molar-refractivity contribution is -0.126. The second-order valence-electron chi connectivity index (χ2n) is 8.56. The van der Waals surface area contributed by atoms with Gasteiger partial charge in [0, 0.05) is 12.2 Å². The predicted molar refractivity (Wildman–Crippen MR) is 132 cm³/mol. The van der Waals surface area contributed by atoms with Crippen molar-refractivity contribution in [3.63, 3.8) is 0 Å². The van der Waals surface area contributed by atoms with Gasteiger partial charge in [-0.25, -0.2) is 4.79 Å². The Labute approximate surface area is 202 Å². The summed E-state index contributed by atoms with van der Waals surface area (Å²) in [6.07, 6.45) is -1.29. The molecule has 0 radical (unpaired) electrons. The number of cyclic esters (lactones) is 1. The van der Waals surface area contributed by atoms with Gasteiger partial charge in [0.25, 0.3) is 5.91 Å². The van der Waals surface area contributed by atoms with Gasteiger partial charge < -0.3 is 15.4 Å². The van der Waals surface area contributed by atoms with Gasteiger partial charge in [0.15, 0.2) is 12.1 Å². The zero-order valence-electron chi connectivity index (χ0n) is 19.1. The van der Waals surface area contributed by atoms with Crippen LogP contribution in [0, 0.1) is 5.92 Å². The molecule has 0 bridgehead atoms. The number of nitrogens with zero attached hydrogens (tertiary/aromatic N) is 1. The van der Waals surface area contributed by atoms with E-state index < -0.39 is 18.2 Å². The van der Waals surface area contributed by atoms with E-state index in [4.69, 9.17) is 4.74 Å². The first-order chi connectivity index (χ1) is 16.4. The Bertz CT molecular complexity index is 1130. The Balaban J connectivity index is 1.55. The SMILES string of the molecule is CC(C)CNC(=O)C1C(c2ccc(NC(=O)c3cccs3)cc2)OC(=O)N1Cc1ccccc1. The summed E-state index contributed by atoms with van der Waals surface area (Å²) in [5.74, 6) is -0.167. The monoisotopic (exact) mass is 477 g/mol. The van der Waals surface area contributed by atoms with Crippen LogP contribution in [0.5, 0.6) is 0 Å². The van der Waals surface area contributed by atoms with Gasteiger partial charge in [-0.3, -0.25) is 14.5 Å². The highest BCUT2D eigenvalue weighted by atomic mass is 32.1. The molecular formula is C26H27N3O4S. The van der Waals surface area contributed by atoms with Crippen molar-refractivity contribution in [1.82, 2.24) is 10.2 Å². The maximum absolute atomic E-state index is 13.2. The third-order valence-corrected chi connectivity index (χ3v) is 6.34. The first kappa shape index (κ1) is 23.5. The smallest absolute Gasteiger partial charge is 0.411 e. The predicted octanol–water partition coefficient (Wildman–Crippen LogP) is 4.83. The summed E-state index contributed by atoms with van der Waals surface area (Å²) in [5, 5.41) is 7.64. The molecule has 1 aliphatic rings. The fourth-order valence-corrected chi connectivity index (χ4v) is 4.37. The number of thiophene rings is 1. The fourth-order valence-electron chi connectivity index (χ4n) is 3.76. The summed E-state index contributed by atoms with van der Waals surface area (Å²) < 4.78 is 5.69. The van der Waals surface area contributed by atoms with Crippen molar-refractivity contribution >= 4 is 34.9 Å². The largest absolute Gasteiger partial charge is 0.438 e. The molecule has 1 fully saturated rings. The van der Waals surface area contributed by atoms with Crippen molar-refractivity contribution in [3.05, 3.63) is 88.1 Å². The molecule has 7 nitrogen and oxygen atoms in total. The number of ether oxygens (including phenoxy) is 1. The van der Waals surface area contributed by atoms with Crippen molar-refractivity contribution in [3.8, 4) is 0 Å². The number of anilines is 1. The van der Waals surface area contributed by atoms with E-state index in [0.29, 0.717) is 22.7 Å². The fraction of sp³-hybridized carbons (Fsp3) is 0.269. The normalized spacial score (nSPS) is 17.5. The van der Waals surface area contributed by atoms with E-state index in [-0.39, 0.29) is 24.3 Å². The molecule has 2 aromatic carbocycles. The van der Waals surface area contributed by atoms with Crippen LogP contribution in [0.15, 0.2) is 72.1 Å². The maximum atomic E-state index is 13.2. The van der Waals surface area contributed by atoms with E-state index in [9.17, 15) is 14.4 Å². The van der Waals surface area contributed by atoms with Crippen LogP contribution in [0.25, 0.3) is 0 Å². The number of rotatable bonds is 8. The summed E-state index contributed by atoms with van der Waals surface area (Å²) in [7, 11) is 0. The molecule has 2 unspecified atom stereocenters. The first-order valence-electron chi connectivity index (χ1n) is 11.2. The molecule has 8 heteroatoms. The van der Waals surface area contributed by atoms with Crippen molar-refractivity contribution in [2.75, 3.05) is 11.9 Å². The first-order valence-corrected chi connectivity index (χ1v) is 12.0. The molecule has 176 valence electrons.